The van der Waals surface area contributed by atoms with Crippen molar-refractivity contribution >= 4 is 29.1 Å². The molecule has 2 aromatic heterocycles. The van der Waals surface area contributed by atoms with Gasteiger partial charge < -0.3 is 16.2 Å². The zero-order valence-corrected chi connectivity index (χ0v) is 18.3. The summed E-state index contributed by atoms with van der Waals surface area (Å²) in [6.07, 6.45) is 1.70. The molecule has 0 fully saturated rings. The second-order valence-corrected chi connectivity index (χ2v) is 8.17. The molecule has 33 heavy (non-hydrogen) atoms. The topological polar surface area (TPSA) is 106 Å². The van der Waals surface area contributed by atoms with Gasteiger partial charge in [-0.25, -0.2) is 13.3 Å². The number of hydrogen-bond donors (Lipinski definition) is 3. The van der Waals surface area contributed by atoms with Crippen LogP contribution in [0.1, 0.15) is 29.3 Å². The van der Waals surface area contributed by atoms with E-state index in [9.17, 15) is 14.3 Å². The van der Waals surface area contributed by atoms with Gasteiger partial charge in [0.25, 0.3) is 5.91 Å². The van der Waals surface area contributed by atoms with Gasteiger partial charge in [-0.05, 0) is 60.9 Å². The molecule has 0 spiro atoms. The smallest absolute Gasteiger partial charge is 0.255 e. The molecule has 7 nitrogen and oxygen atoms in total. The molecule has 10 heteroatoms. The van der Waals surface area contributed by atoms with Crippen molar-refractivity contribution in [1.82, 2.24) is 19.9 Å². The summed E-state index contributed by atoms with van der Waals surface area (Å²) in [5.41, 5.74) is 5.51. The van der Waals surface area contributed by atoms with Gasteiger partial charge in [0.2, 0.25) is 5.95 Å². The van der Waals surface area contributed by atoms with Gasteiger partial charge in [-0.15, -0.1) is 5.10 Å². The van der Waals surface area contributed by atoms with E-state index < -0.39 is 23.1 Å². The number of nitrogens with one attached hydrogen (secondary N) is 1. The van der Waals surface area contributed by atoms with Crippen LogP contribution in [0.4, 0.5) is 14.7 Å². The first-order chi connectivity index (χ1) is 15.7. The summed E-state index contributed by atoms with van der Waals surface area (Å²) in [5.74, 6) is -1.84. The molecule has 0 radical (unpaired) electrons. The van der Waals surface area contributed by atoms with Crippen LogP contribution in [0.3, 0.4) is 0 Å². The molecule has 0 saturated heterocycles. The number of pyridine rings is 1. The van der Waals surface area contributed by atoms with Crippen LogP contribution in [0.5, 0.6) is 0 Å². The first-order valence-corrected chi connectivity index (χ1v) is 10.4. The molecule has 4 aromatic rings. The van der Waals surface area contributed by atoms with E-state index in [0.717, 1.165) is 0 Å². The Hall–Kier alpha value is -3.56. The summed E-state index contributed by atoms with van der Waals surface area (Å²) in [4.78, 5) is 16.8. The van der Waals surface area contributed by atoms with Gasteiger partial charge in [0.1, 0.15) is 11.6 Å². The molecular formula is C23H20ClF2N5O2. The number of aliphatic hydroxyl groups is 1. The molecule has 0 bridgehead atoms. The molecule has 0 saturated carbocycles. The van der Waals surface area contributed by atoms with E-state index in [-0.39, 0.29) is 35.1 Å². The normalized spacial score (nSPS) is 13.1. The minimum Gasteiger partial charge on any atom is -0.385 e. The summed E-state index contributed by atoms with van der Waals surface area (Å²) in [7, 11) is 0. The van der Waals surface area contributed by atoms with E-state index in [1.165, 1.54) is 40.9 Å². The number of fused-ring (bicyclic) bond motifs is 1. The monoisotopic (exact) mass is 471 g/mol. The van der Waals surface area contributed by atoms with Crippen molar-refractivity contribution < 1.29 is 18.7 Å². The SMILES string of the molecule is C[C@@](O)(CCNC(=O)c1c(Cl)ccc(-c2ccn3nc(N)nc3c2)c1F)c1ccc(F)cc1. The summed E-state index contributed by atoms with van der Waals surface area (Å²) < 4.78 is 29.9. The van der Waals surface area contributed by atoms with Crippen LogP contribution in [0, 0.1) is 11.6 Å². The number of nitrogens with zero attached hydrogens (tertiary/aromatic N) is 3. The lowest BCUT2D eigenvalue weighted by Crippen LogP contribution is -2.32. The van der Waals surface area contributed by atoms with Crippen molar-refractivity contribution in [2.75, 3.05) is 12.3 Å². The van der Waals surface area contributed by atoms with Crippen LogP contribution < -0.4 is 11.1 Å². The van der Waals surface area contributed by atoms with E-state index in [2.05, 4.69) is 15.4 Å². The number of amides is 1. The standard InChI is InChI=1S/C23H20ClF2N5O2/c1-23(33,14-2-4-15(25)5-3-14)9-10-28-21(32)19-17(24)7-6-16(20(19)26)13-8-11-31-18(12-13)29-22(27)30-31/h2-8,11-12,33H,9-10H2,1H3,(H2,27,30)(H,28,32)/t23-/m1/s1. The number of nitrogens with two attached hydrogens (primary N) is 1. The maximum Gasteiger partial charge on any atom is 0.255 e. The highest BCUT2D eigenvalue weighted by molar-refractivity contribution is 6.34. The van der Waals surface area contributed by atoms with E-state index in [4.69, 9.17) is 17.3 Å². The van der Waals surface area contributed by atoms with Crippen molar-refractivity contribution in [3.05, 3.63) is 82.5 Å². The Balaban J connectivity index is 1.53. The van der Waals surface area contributed by atoms with Gasteiger partial charge in [0.15, 0.2) is 5.65 Å². The summed E-state index contributed by atoms with van der Waals surface area (Å²) in [5, 5.41) is 17.2. The number of benzene rings is 2. The molecule has 0 aliphatic carbocycles. The molecule has 1 amide bonds. The summed E-state index contributed by atoms with van der Waals surface area (Å²) in [6, 6.07) is 11.5. The van der Waals surface area contributed by atoms with Gasteiger partial charge in [-0.1, -0.05) is 23.7 Å². The Labute approximate surface area is 192 Å². The lowest BCUT2D eigenvalue weighted by molar-refractivity contribution is 0.0474. The number of aromatic nitrogens is 3. The summed E-state index contributed by atoms with van der Waals surface area (Å²) >= 11 is 6.13. The Morgan fingerprint density at radius 2 is 1.94 bits per heavy atom. The average molecular weight is 472 g/mol. The Kier molecular flexibility index (Phi) is 6.01. The van der Waals surface area contributed by atoms with E-state index >= 15 is 4.39 Å². The lowest BCUT2D eigenvalue weighted by Gasteiger charge is -2.24. The van der Waals surface area contributed by atoms with Crippen molar-refractivity contribution in [2.45, 2.75) is 18.9 Å². The molecule has 0 unspecified atom stereocenters. The third-order valence-corrected chi connectivity index (χ3v) is 5.66. The molecule has 2 aromatic carbocycles. The first kappa shape index (κ1) is 22.6. The number of hydrogen-bond acceptors (Lipinski definition) is 5. The number of carbonyl (C=O) groups excluding carboxylic acids is 1. The van der Waals surface area contributed by atoms with Gasteiger partial charge in [-0.2, -0.15) is 4.98 Å². The second kappa shape index (κ2) is 8.76. The van der Waals surface area contributed by atoms with Gasteiger partial charge in [0.05, 0.1) is 16.2 Å². The molecule has 2 heterocycles. The number of nitrogen functional groups attached to an aromatic ring is 1. The number of anilines is 1. The highest BCUT2D eigenvalue weighted by Crippen LogP contribution is 2.30. The van der Waals surface area contributed by atoms with Crippen molar-refractivity contribution in [3.63, 3.8) is 0 Å². The van der Waals surface area contributed by atoms with Crippen LogP contribution in [-0.2, 0) is 5.60 Å². The molecule has 0 aliphatic heterocycles. The van der Waals surface area contributed by atoms with E-state index in [1.807, 2.05) is 0 Å². The largest absolute Gasteiger partial charge is 0.385 e. The maximum atomic E-state index is 15.3. The molecule has 1 atom stereocenters. The van der Waals surface area contributed by atoms with Crippen LogP contribution in [-0.4, -0.2) is 32.2 Å². The maximum absolute atomic E-state index is 15.3. The zero-order chi connectivity index (χ0) is 23.8. The van der Waals surface area contributed by atoms with Gasteiger partial charge >= 0.3 is 0 Å². The lowest BCUT2D eigenvalue weighted by atomic mass is 9.92. The van der Waals surface area contributed by atoms with Gasteiger partial charge in [0, 0.05) is 18.3 Å². The van der Waals surface area contributed by atoms with Crippen LogP contribution in [0.15, 0.2) is 54.7 Å². The van der Waals surface area contributed by atoms with Crippen molar-refractivity contribution in [2.24, 2.45) is 0 Å². The number of halogens is 3. The fourth-order valence-corrected chi connectivity index (χ4v) is 3.74. The van der Waals surface area contributed by atoms with Crippen molar-refractivity contribution in [1.29, 1.82) is 0 Å². The first-order valence-electron chi connectivity index (χ1n) is 10.0. The van der Waals surface area contributed by atoms with Crippen molar-refractivity contribution in [3.8, 4) is 11.1 Å². The number of carbonyl (C=O) groups is 1. The molecule has 170 valence electrons. The minimum atomic E-state index is -1.32. The third kappa shape index (κ3) is 4.64. The fourth-order valence-electron chi connectivity index (χ4n) is 3.51. The second-order valence-electron chi connectivity index (χ2n) is 7.76. The molecule has 0 aliphatic rings. The Morgan fingerprint density at radius 3 is 2.67 bits per heavy atom. The van der Waals surface area contributed by atoms with Gasteiger partial charge in [-0.3, -0.25) is 4.79 Å². The highest BCUT2D eigenvalue weighted by Gasteiger charge is 2.25. The molecular weight excluding hydrogens is 452 g/mol. The Bertz CT molecular complexity index is 1340. The average Bonchev–Trinajstić information content (AvgIpc) is 3.13. The summed E-state index contributed by atoms with van der Waals surface area (Å²) in [6.45, 7) is 1.59. The van der Waals surface area contributed by atoms with E-state index in [1.54, 1.807) is 25.3 Å². The van der Waals surface area contributed by atoms with Crippen LogP contribution >= 0.6 is 11.6 Å². The quantitative estimate of drug-likeness (QED) is 0.395. The van der Waals surface area contributed by atoms with E-state index in [0.29, 0.717) is 16.8 Å². The predicted molar refractivity (Wildman–Crippen MR) is 121 cm³/mol. The zero-order valence-electron chi connectivity index (χ0n) is 17.5. The minimum absolute atomic E-state index is 0.0359. The van der Waals surface area contributed by atoms with Crippen LogP contribution in [0.2, 0.25) is 5.02 Å². The predicted octanol–water partition coefficient (Wildman–Crippen LogP) is 3.94. The molecule has 4 rings (SSSR count). The fraction of sp³-hybridized carbons (Fsp3) is 0.174. The highest BCUT2D eigenvalue weighted by atomic mass is 35.5. The Morgan fingerprint density at radius 1 is 1.21 bits per heavy atom. The number of rotatable bonds is 6. The third-order valence-electron chi connectivity index (χ3n) is 5.35. The molecule has 4 N–H and O–H groups in total. The van der Waals surface area contributed by atoms with Crippen LogP contribution in [0.25, 0.3) is 16.8 Å².